The molecule has 3 aromatic carbocycles. The average molecular weight is 416 g/mol. The zero-order valence-electron chi connectivity index (χ0n) is 17.1. The predicted molar refractivity (Wildman–Crippen MR) is 117 cm³/mol. The van der Waals surface area contributed by atoms with E-state index >= 15 is 0 Å². The van der Waals surface area contributed by atoms with E-state index < -0.39 is 12.1 Å². The van der Waals surface area contributed by atoms with Gasteiger partial charge in [-0.05, 0) is 27.8 Å². The van der Waals surface area contributed by atoms with Gasteiger partial charge < -0.3 is 9.47 Å². The lowest BCUT2D eigenvalue weighted by Crippen LogP contribution is -2.40. The van der Waals surface area contributed by atoms with Crippen LogP contribution >= 0.6 is 0 Å². The highest BCUT2D eigenvalue weighted by molar-refractivity contribution is 5.79. The summed E-state index contributed by atoms with van der Waals surface area (Å²) in [5, 5.41) is 0.913. The van der Waals surface area contributed by atoms with Crippen LogP contribution in [0.5, 0.6) is 0 Å². The molecular formula is C25H24N2O4. The highest BCUT2D eigenvalue weighted by Crippen LogP contribution is 2.44. The molecule has 31 heavy (non-hydrogen) atoms. The maximum absolute atomic E-state index is 12.3. The first-order valence-corrected chi connectivity index (χ1v) is 10.2. The second-order valence-corrected chi connectivity index (χ2v) is 7.39. The summed E-state index contributed by atoms with van der Waals surface area (Å²) in [6, 6.07) is 25.6. The lowest BCUT2D eigenvalue weighted by Gasteiger charge is -2.19. The van der Waals surface area contributed by atoms with Crippen molar-refractivity contribution in [2.45, 2.75) is 18.9 Å². The molecule has 3 aromatic rings. The van der Waals surface area contributed by atoms with E-state index in [0.717, 1.165) is 32.8 Å². The zero-order valence-corrected chi connectivity index (χ0v) is 17.1. The Hall–Kier alpha value is -3.64. The molecule has 0 heterocycles. The van der Waals surface area contributed by atoms with Gasteiger partial charge >= 0.3 is 12.1 Å². The van der Waals surface area contributed by atoms with E-state index in [-0.39, 0.29) is 32.1 Å². The summed E-state index contributed by atoms with van der Waals surface area (Å²) in [5.41, 5.74) is 5.47. The minimum Gasteiger partial charge on any atom is -0.461 e. The van der Waals surface area contributed by atoms with Crippen molar-refractivity contribution in [3.05, 3.63) is 95.6 Å². The molecule has 0 bridgehead atoms. The number of nitrogens with zero attached hydrogens (tertiary/aromatic N) is 1. The van der Waals surface area contributed by atoms with Crippen LogP contribution in [0, 0.1) is 0 Å². The van der Waals surface area contributed by atoms with Crippen LogP contribution in [0.3, 0.4) is 0 Å². The summed E-state index contributed by atoms with van der Waals surface area (Å²) in [7, 11) is 0. The standard InChI is InChI=1S/C25H24N2O4/c26-27(15-14-24(28)30-16-18-8-2-1-3-9-18)25(29)31-17-23-21-12-6-4-10-19(21)20-11-5-7-13-22(20)23/h1-13,23H,14-17,26H2. The molecule has 0 radical (unpaired) electrons. The van der Waals surface area contributed by atoms with Crippen LogP contribution in [0.25, 0.3) is 11.1 Å². The van der Waals surface area contributed by atoms with Crippen LogP contribution < -0.4 is 5.84 Å². The largest absolute Gasteiger partial charge is 0.461 e. The van der Waals surface area contributed by atoms with Crippen LogP contribution in [0.1, 0.15) is 29.0 Å². The highest BCUT2D eigenvalue weighted by Gasteiger charge is 2.29. The van der Waals surface area contributed by atoms with Crippen molar-refractivity contribution in [3.63, 3.8) is 0 Å². The average Bonchev–Trinajstić information content (AvgIpc) is 3.14. The molecule has 0 saturated heterocycles. The molecular weight excluding hydrogens is 392 g/mol. The number of carbonyl (C=O) groups is 2. The Bertz CT molecular complexity index is 1020. The Balaban J connectivity index is 1.27. The van der Waals surface area contributed by atoms with Crippen LogP contribution in [0.2, 0.25) is 0 Å². The molecule has 1 aliphatic rings. The van der Waals surface area contributed by atoms with Crippen molar-refractivity contribution in [3.8, 4) is 11.1 Å². The Morgan fingerprint density at radius 1 is 0.806 bits per heavy atom. The molecule has 6 heteroatoms. The number of esters is 1. The van der Waals surface area contributed by atoms with Gasteiger partial charge in [-0.1, -0.05) is 78.9 Å². The van der Waals surface area contributed by atoms with Crippen LogP contribution in [-0.2, 0) is 20.9 Å². The van der Waals surface area contributed by atoms with Crippen molar-refractivity contribution < 1.29 is 19.1 Å². The topological polar surface area (TPSA) is 81.9 Å². The Labute approximate surface area is 181 Å². The fourth-order valence-corrected chi connectivity index (χ4v) is 3.79. The van der Waals surface area contributed by atoms with E-state index in [0.29, 0.717) is 0 Å². The number of ether oxygens (including phenoxy) is 2. The second kappa shape index (κ2) is 9.45. The van der Waals surface area contributed by atoms with Gasteiger partial charge in [0, 0.05) is 5.92 Å². The lowest BCUT2D eigenvalue weighted by atomic mass is 9.98. The van der Waals surface area contributed by atoms with Gasteiger partial charge in [0.2, 0.25) is 0 Å². The van der Waals surface area contributed by atoms with Crippen LogP contribution in [-0.4, -0.2) is 30.2 Å². The van der Waals surface area contributed by atoms with Gasteiger partial charge in [-0.3, -0.25) is 4.79 Å². The summed E-state index contributed by atoms with van der Waals surface area (Å²) in [6.45, 7) is 0.387. The van der Waals surface area contributed by atoms with Crippen molar-refractivity contribution in [1.29, 1.82) is 0 Å². The number of rotatable bonds is 7. The van der Waals surface area contributed by atoms with E-state index in [4.69, 9.17) is 15.3 Å². The molecule has 0 saturated carbocycles. The zero-order chi connectivity index (χ0) is 21.6. The summed E-state index contributed by atoms with van der Waals surface area (Å²) in [5.74, 6) is 5.33. The molecule has 1 aliphatic carbocycles. The Morgan fingerprint density at radius 3 is 2.03 bits per heavy atom. The first-order valence-electron chi connectivity index (χ1n) is 10.2. The van der Waals surface area contributed by atoms with E-state index in [1.807, 2.05) is 54.6 Å². The molecule has 2 N–H and O–H groups in total. The molecule has 0 spiro atoms. The molecule has 0 fully saturated rings. The van der Waals surface area contributed by atoms with Gasteiger partial charge in [-0.15, -0.1) is 0 Å². The molecule has 6 nitrogen and oxygen atoms in total. The summed E-state index contributed by atoms with van der Waals surface area (Å²) in [4.78, 5) is 24.3. The number of nitrogens with two attached hydrogens (primary N) is 1. The van der Waals surface area contributed by atoms with Gasteiger partial charge in [-0.25, -0.2) is 15.6 Å². The molecule has 158 valence electrons. The van der Waals surface area contributed by atoms with Crippen LogP contribution in [0.15, 0.2) is 78.9 Å². The van der Waals surface area contributed by atoms with E-state index in [9.17, 15) is 9.59 Å². The van der Waals surface area contributed by atoms with Gasteiger partial charge in [-0.2, -0.15) is 0 Å². The third-order valence-corrected chi connectivity index (χ3v) is 5.37. The Kier molecular flexibility index (Phi) is 6.29. The van der Waals surface area contributed by atoms with E-state index in [1.54, 1.807) is 0 Å². The number of hydrazine groups is 1. The third kappa shape index (κ3) is 4.75. The summed E-state index contributed by atoms with van der Waals surface area (Å²) >= 11 is 0. The number of benzene rings is 3. The van der Waals surface area contributed by atoms with Crippen LogP contribution in [0.4, 0.5) is 4.79 Å². The smallest absolute Gasteiger partial charge is 0.424 e. The Morgan fingerprint density at radius 2 is 1.39 bits per heavy atom. The minimum atomic E-state index is -0.669. The molecule has 1 amide bonds. The quantitative estimate of drug-likeness (QED) is 0.270. The fraction of sp³-hybridized carbons (Fsp3) is 0.200. The number of carbonyl (C=O) groups excluding carboxylic acids is 2. The van der Waals surface area contributed by atoms with Crippen molar-refractivity contribution >= 4 is 12.1 Å². The minimum absolute atomic E-state index is 0.00642. The first-order chi connectivity index (χ1) is 15.1. The van der Waals surface area contributed by atoms with Gasteiger partial charge in [0.15, 0.2) is 0 Å². The molecule has 0 aliphatic heterocycles. The summed E-state index contributed by atoms with van der Waals surface area (Å²) in [6.07, 6.45) is -0.675. The van der Waals surface area contributed by atoms with Crippen molar-refractivity contribution in [1.82, 2.24) is 5.01 Å². The maximum atomic E-state index is 12.3. The van der Waals surface area contributed by atoms with Crippen molar-refractivity contribution in [2.24, 2.45) is 5.84 Å². The second-order valence-electron chi connectivity index (χ2n) is 7.39. The predicted octanol–water partition coefficient (Wildman–Crippen LogP) is 4.24. The molecule has 4 rings (SSSR count). The maximum Gasteiger partial charge on any atom is 0.424 e. The molecule has 0 unspecified atom stereocenters. The SMILES string of the molecule is NN(CCC(=O)OCc1ccccc1)C(=O)OCC1c2ccccc2-c2ccccc21. The first kappa shape index (κ1) is 20.6. The van der Waals surface area contributed by atoms with Gasteiger partial charge in [0.05, 0.1) is 13.0 Å². The number of fused-ring (bicyclic) bond motifs is 3. The number of hydrogen-bond donors (Lipinski definition) is 1. The molecule has 0 aromatic heterocycles. The monoisotopic (exact) mass is 416 g/mol. The van der Waals surface area contributed by atoms with E-state index in [1.165, 1.54) is 0 Å². The highest BCUT2D eigenvalue weighted by atomic mass is 16.6. The normalized spacial score (nSPS) is 12.0. The third-order valence-electron chi connectivity index (χ3n) is 5.37. The van der Waals surface area contributed by atoms with Crippen molar-refractivity contribution in [2.75, 3.05) is 13.2 Å². The summed E-state index contributed by atoms with van der Waals surface area (Å²) < 4.78 is 10.7. The number of hydrogen-bond acceptors (Lipinski definition) is 5. The fourth-order valence-electron chi connectivity index (χ4n) is 3.79. The molecule has 0 atom stereocenters. The van der Waals surface area contributed by atoms with Gasteiger partial charge in [0.1, 0.15) is 13.2 Å². The van der Waals surface area contributed by atoms with Gasteiger partial charge in [0.25, 0.3) is 0 Å². The van der Waals surface area contributed by atoms with E-state index in [2.05, 4.69) is 24.3 Å². The lowest BCUT2D eigenvalue weighted by molar-refractivity contribution is -0.145. The number of amides is 1.